The summed E-state index contributed by atoms with van der Waals surface area (Å²) in [5, 5.41) is 14.5. The fraction of sp³-hybridized carbons (Fsp3) is 0.200. The Balaban J connectivity index is 1.44. The zero-order valence-electron chi connectivity index (χ0n) is 18.9. The van der Waals surface area contributed by atoms with Gasteiger partial charge >= 0.3 is 0 Å². The first kappa shape index (κ1) is 22.4. The predicted octanol–water partition coefficient (Wildman–Crippen LogP) is 4.50. The molecule has 1 N–H and O–H groups in total. The Hall–Kier alpha value is -4.44. The largest absolute Gasteiger partial charge is 0.495 e. The van der Waals surface area contributed by atoms with E-state index in [1.807, 2.05) is 29.2 Å². The summed E-state index contributed by atoms with van der Waals surface area (Å²) in [7, 11) is 1.49. The van der Waals surface area contributed by atoms with Crippen molar-refractivity contribution >= 4 is 34.1 Å². The number of carbonyl (C=O) groups excluding carboxylic acids is 1. The second-order valence-corrected chi connectivity index (χ2v) is 7.92. The van der Waals surface area contributed by atoms with E-state index in [4.69, 9.17) is 13.9 Å². The van der Waals surface area contributed by atoms with Gasteiger partial charge in [0.05, 0.1) is 30.9 Å². The van der Waals surface area contributed by atoms with Crippen LogP contribution in [0, 0.1) is 10.1 Å². The minimum atomic E-state index is -0.505. The number of anilines is 2. The molecule has 0 saturated carbocycles. The average molecular weight is 474 g/mol. The van der Waals surface area contributed by atoms with Gasteiger partial charge in [-0.1, -0.05) is 12.1 Å². The molecule has 1 aromatic heterocycles. The van der Waals surface area contributed by atoms with Crippen molar-refractivity contribution in [1.29, 1.82) is 0 Å². The number of rotatable bonds is 6. The Labute approximate surface area is 200 Å². The highest BCUT2D eigenvalue weighted by molar-refractivity contribution is 6.06. The van der Waals surface area contributed by atoms with Gasteiger partial charge < -0.3 is 24.1 Å². The van der Waals surface area contributed by atoms with Crippen LogP contribution >= 0.6 is 0 Å². The third-order valence-corrected chi connectivity index (χ3v) is 5.77. The molecule has 1 aliphatic rings. The van der Waals surface area contributed by atoms with Gasteiger partial charge in [0.15, 0.2) is 5.58 Å². The van der Waals surface area contributed by atoms with Gasteiger partial charge in [-0.15, -0.1) is 0 Å². The third kappa shape index (κ3) is 4.51. The zero-order valence-corrected chi connectivity index (χ0v) is 18.9. The molecule has 0 bridgehead atoms. The van der Waals surface area contributed by atoms with Gasteiger partial charge in [-0.2, -0.15) is 0 Å². The molecular weight excluding hydrogens is 452 g/mol. The minimum absolute atomic E-state index is 0.133. The minimum Gasteiger partial charge on any atom is -0.495 e. The Kier molecular flexibility index (Phi) is 6.02. The maximum atomic E-state index is 13.1. The summed E-state index contributed by atoms with van der Waals surface area (Å²) in [4.78, 5) is 30.7. The number of fused-ring (bicyclic) bond motifs is 1. The highest BCUT2D eigenvalue weighted by atomic mass is 16.6. The summed E-state index contributed by atoms with van der Waals surface area (Å²) < 4.78 is 16.6. The van der Waals surface area contributed by atoms with Crippen molar-refractivity contribution < 1.29 is 23.6 Å². The van der Waals surface area contributed by atoms with Crippen LogP contribution in [0.3, 0.4) is 0 Å². The quantitative estimate of drug-likeness (QED) is 0.320. The molecule has 5 rings (SSSR count). The van der Waals surface area contributed by atoms with Crippen molar-refractivity contribution in [1.82, 2.24) is 4.98 Å². The number of hydrogen-bond donors (Lipinski definition) is 1. The van der Waals surface area contributed by atoms with Crippen molar-refractivity contribution in [2.45, 2.75) is 0 Å². The number of para-hydroxylation sites is 2. The predicted molar refractivity (Wildman–Crippen MR) is 130 cm³/mol. The van der Waals surface area contributed by atoms with E-state index in [0.717, 1.165) is 5.52 Å². The van der Waals surface area contributed by atoms with Crippen molar-refractivity contribution in [3.63, 3.8) is 0 Å². The lowest BCUT2D eigenvalue weighted by molar-refractivity contribution is -0.384. The second-order valence-electron chi connectivity index (χ2n) is 7.92. The third-order valence-electron chi connectivity index (χ3n) is 5.77. The SMILES string of the molecule is COc1ccc(-c2nc3ccccc3o2)cc1NC(=O)c1ccc(N2CCOCC2)c([N+](=O)[O-])c1. The summed E-state index contributed by atoms with van der Waals surface area (Å²) in [6.07, 6.45) is 0. The molecular formula is C25H22N4O6. The second kappa shape index (κ2) is 9.43. The smallest absolute Gasteiger partial charge is 0.293 e. The Morgan fingerprint density at radius 1 is 1.11 bits per heavy atom. The van der Waals surface area contributed by atoms with Crippen LogP contribution < -0.4 is 15.0 Å². The number of benzene rings is 3. The number of aromatic nitrogens is 1. The molecule has 0 radical (unpaired) electrons. The molecule has 2 heterocycles. The molecule has 0 unspecified atom stereocenters. The van der Waals surface area contributed by atoms with Crippen molar-refractivity contribution in [2.24, 2.45) is 0 Å². The Bertz CT molecular complexity index is 1380. The Morgan fingerprint density at radius 2 is 1.91 bits per heavy atom. The highest BCUT2D eigenvalue weighted by Crippen LogP contribution is 2.33. The van der Waals surface area contributed by atoms with E-state index in [1.165, 1.54) is 13.2 Å². The lowest BCUT2D eigenvalue weighted by Gasteiger charge is -2.28. The number of ether oxygens (including phenoxy) is 2. The molecule has 1 amide bonds. The fourth-order valence-corrected chi connectivity index (χ4v) is 4.01. The molecule has 4 aromatic rings. The number of morpholine rings is 1. The molecule has 1 saturated heterocycles. The first-order chi connectivity index (χ1) is 17.0. The van der Waals surface area contributed by atoms with Gasteiger partial charge in [-0.3, -0.25) is 14.9 Å². The number of methoxy groups -OCH3 is 1. The normalized spacial score (nSPS) is 13.6. The summed E-state index contributed by atoms with van der Waals surface area (Å²) in [6.45, 7) is 2.09. The van der Waals surface area contributed by atoms with Gasteiger partial charge in [-0.05, 0) is 42.5 Å². The van der Waals surface area contributed by atoms with Crippen LogP contribution in [-0.2, 0) is 4.74 Å². The molecule has 0 aliphatic carbocycles. The van der Waals surface area contributed by atoms with E-state index in [-0.39, 0.29) is 11.3 Å². The average Bonchev–Trinajstić information content (AvgIpc) is 3.33. The molecule has 10 heteroatoms. The van der Waals surface area contributed by atoms with Crippen LogP contribution in [0.2, 0.25) is 0 Å². The maximum absolute atomic E-state index is 13.1. The first-order valence-electron chi connectivity index (χ1n) is 11.0. The van der Waals surface area contributed by atoms with Crippen molar-refractivity contribution in [2.75, 3.05) is 43.6 Å². The summed E-state index contributed by atoms with van der Waals surface area (Å²) in [5.41, 5.74) is 2.89. The van der Waals surface area contributed by atoms with E-state index >= 15 is 0 Å². The molecule has 0 atom stereocenters. The number of carbonyl (C=O) groups is 1. The van der Waals surface area contributed by atoms with Gasteiger partial charge in [-0.25, -0.2) is 4.98 Å². The van der Waals surface area contributed by atoms with Gasteiger partial charge in [0.2, 0.25) is 5.89 Å². The molecule has 3 aromatic carbocycles. The molecule has 1 fully saturated rings. The van der Waals surface area contributed by atoms with E-state index < -0.39 is 10.8 Å². The summed E-state index contributed by atoms with van der Waals surface area (Å²) >= 11 is 0. The van der Waals surface area contributed by atoms with Gasteiger partial charge in [0.25, 0.3) is 11.6 Å². The van der Waals surface area contributed by atoms with E-state index in [2.05, 4.69) is 10.3 Å². The highest BCUT2D eigenvalue weighted by Gasteiger charge is 2.24. The number of oxazole rings is 1. The number of hydrogen-bond acceptors (Lipinski definition) is 8. The molecule has 178 valence electrons. The van der Waals surface area contributed by atoms with Gasteiger partial charge in [0, 0.05) is 30.3 Å². The number of nitro groups is 1. The fourth-order valence-electron chi connectivity index (χ4n) is 4.01. The number of amides is 1. The van der Waals surface area contributed by atoms with Crippen LogP contribution in [-0.4, -0.2) is 49.2 Å². The number of nitrogens with zero attached hydrogens (tertiary/aromatic N) is 3. The lowest BCUT2D eigenvalue weighted by Crippen LogP contribution is -2.36. The lowest BCUT2D eigenvalue weighted by atomic mass is 10.1. The molecule has 0 spiro atoms. The topological polar surface area (TPSA) is 120 Å². The van der Waals surface area contributed by atoms with Crippen LogP contribution in [0.4, 0.5) is 17.1 Å². The van der Waals surface area contributed by atoms with Crippen LogP contribution in [0.25, 0.3) is 22.6 Å². The monoisotopic (exact) mass is 474 g/mol. The van der Waals surface area contributed by atoms with Crippen LogP contribution in [0.15, 0.2) is 65.1 Å². The first-order valence-corrected chi connectivity index (χ1v) is 11.0. The van der Waals surface area contributed by atoms with Gasteiger partial charge in [0.1, 0.15) is 17.0 Å². The standard InChI is InChI=1S/C25H22N4O6/c1-33-22-9-7-17(25-27-18-4-2-3-5-23(18)35-25)14-19(22)26-24(30)16-6-8-20(21(15-16)29(31)32)28-10-12-34-13-11-28/h2-9,14-15H,10-13H2,1H3,(H,26,30). The van der Waals surface area contributed by atoms with Crippen LogP contribution in [0.1, 0.15) is 10.4 Å². The number of nitro benzene ring substituents is 1. The summed E-state index contributed by atoms with van der Waals surface area (Å²) in [6, 6.07) is 17.0. The molecule has 1 aliphatic heterocycles. The van der Waals surface area contributed by atoms with Crippen molar-refractivity contribution in [3.05, 3.63) is 76.3 Å². The summed E-state index contributed by atoms with van der Waals surface area (Å²) in [5.74, 6) is 0.321. The van der Waals surface area contributed by atoms with E-state index in [1.54, 1.807) is 30.3 Å². The molecule has 35 heavy (non-hydrogen) atoms. The number of nitrogens with one attached hydrogen (secondary N) is 1. The maximum Gasteiger partial charge on any atom is 0.293 e. The van der Waals surface area contributed by atoms with E-state index in [9.17, 15) is 14.9 Å². The van der Waals surface area contributed by atoms with E-state index in [0.29, 0.717) is 60.5 Å². The Morgan fingerprint density at radius 3 is 2.66 bits per heavy atom. The molecule has 10 nitrogen and oxygen atoms in total. The zero-order chi connectivity index (χ0) is 24.4. The van der Waals surface area contributed by atoms with Crippen molar-refractivity contribution in [3.8, 4) is 17.2 Å². The van der Waals surface area contributed by atoms with Crippen LogP contribution in [0.5, 0.6) is 5.75 Å².